The lowest BCUT2D eigenvalue weighted by molar-refractivity contribution is 0.000898. The number of hydrogen-bond acceptors (Lipinski definition) is 4. The molecule has 0 aliphatic heterocycles. The minimum atomic E-state index is -0.764. The van der Waals surface area contributed by atoms with Crippen molar-refractivity contribution in [1.82, 2.24) is 0 Å². The van der Waals surface area contributed by atoms with E-state index in [9.17, 15) is 5.11 Å². The van der Waals surface area contributed by atoms with Gasteiger partial charge in [-0.1, -0.05) is 23.2 Å². The lowest BCUT2D eigenvalue weighted by Gasteiger charge is -2.13. The average molecular weight is 317 g/mol. The topological polar surface area (TPSA) is 51.8 Å². The summed E-state index contributed by atoms with van der Waals surface area (Å²) in [4.78, 5) is 0. The molecule has 0 bridgehead atoms. The number of rotatable bonds is 7. The summed E-state index contributed by atoms with van der Waals surface area (Å²) < 4.78 is 15.8. The summed E-state index contributed by atoms with van der Waals surface area (Å²) in [6, 6.07) is 8.48. The van der Waals surface area contributed by atoms with Crippen LogP contribution in [-0.4, -0.2) is 24.4 Å². The molecule has 0 amide bonds. The largest absolute Gasteiger partial charge is 0.489 e. The quantitative estimate of drug-likeness (QED) is 0.848. The van der Waals surface area contributed by atoms with Crippen LogP contribution in [0.5, 0.6) is 5.75 Å². The standard InChI is InChI=1S/C14H14Cl2O4/c15-10-3-4-13(16)14(6-10)20-8-11(17)7-18-9-12-2-1-5-19-12/h1-6,11,17H,7-9H2. The fourth-order valence-electron chi connectivity index (χ4n) is 1.51. The van der Waals surface area contributed by atoms with Crippen molar-refractivity contribution in [3.8, 4) is 5.75 Å². The van der Waals surface area contributed by atoms with Crippen molar-refractivity contribution >= 4 is 23.2 Å². The summed E-state index contributed by atoms with van der Waals surface area (Å²) in [5, 5.41) is 10.7. The monoisotopic (exact) mass is 316 g/mol. The van der Waals surface area contributed by atoms with Crippen molar-refractivity contribution in [3.63, 3.8) is 0 Å². The minimum Gasteiger partial charge on any atom is -0.489 e. The van der Waals surface area contributed by atoms with Gasteiger partial charge >= 0.3 is 0 Å². The second kappa shape index (κ2) is 7.55. The second-order valence-corrected chi connectivity index (χ2v) is 4.98. The van der Waals surface area contributed by atoms with Crippen LogP contribution in [-0.2, 0) is 11.3 Å². The Hall–Kier alpha value is -1.20. The van der Waals surface area contributed by atoms with Gasteiger partial charge in [0.1, 0.15) is 30.8 Å². The molecule has 0 aliphatic carbocycles. The fourth-order valence-corrected chi connectivity index (χ4v) is 1.85. The van der Waals surface area contributed by atoms with Crippen LogP contribution in [0.25, 0.3) is 0 Å². The van der Waals surface area contributed by atoms with E-state index in [2.05, 4.69) is 0 Å². The number of ether oxygens (including phenoxy) is 2. The smallest absolute Gasteiger partial charge is 0.139 e. The van der Waals surface area contributed by atoms with E-state index in [-0.39, 0.29) is 13.2 Å². The summed E-state index contributed by atoms with van der Waals surface area (Å²) in [6.07, 6.45) is 0.805. The summed E-state index contributed by atoms with van der Waals surface area (Å²) in [7, 11) is 0. The molecule has 0 saturated carbocycles. The van der Waals surface area contributed by atoms with Crippen LogP contribution in [0.2, 0.25) is 10.0 Å². The molecule has 1 aromatic carbocycles. The number of benzene rings is 1. The highest BCUT2D eigenvalue weighted by atomic mass is 35.5. The zero-order valence-corrected chi connectivity index (χ0v) is 12.1. The number of aliphatic hydroxyl groups is 1. The molecule has 2 rings (SSSR count). The zero-order valence-electron chi connectivity index (χ0n) is 10.6. The number of aliphatic hydroxyl groups excluding tert-OH is 1. The molecule has 0 fully saturated rings. The Balaban J connectivity index is 1.71. The first-order valence-electron chi connectivity index (χ1n) is 6.01. The molecule has 1 atom stereocenters. The Labute approximate surface area is 126 Å². The van der Waals surface area contributed by atoms with Crippen molar-refractivity contribution in [1.29, 1.82) is 0 Å². The van der Waals surface area contributed by atoms with Gasteiger partial charge in [-0.25, -0.2) is 0 Å². The molecule has 4 nitrogen and oxygen atoms in total. The highest BCUT2D eigenvalue weighted by Crippen LogP contribution is 2.27. The Morgan fingerprint density at radius 2 is 2.05 bits per heavy atom. The van der Waals surface area contributed by atoms with E-state index >= 15 is 0 Å². The van der Waals surface area contributed by atoms with Gasteiger partial charge in [0.2, 0.25) is 0 Å². The van der Waals surface area contributed by atoms with Gasteiger partial charge in [0.15, 0.2) is 0 Å². The van der Waals surface area contributed by atoms with Gasteiger partial charge in [-0.05, 0) is 24.3 Å². The van der Waals surface area contributed by atoms with E-state index in [0.717, 1.165) is 0 Å². The Morgan fingerprint density at radius 1 is 1.20 bits per heavy atom. The predicted octanol–water partition coefficient (Wildman–Crippen LogP) is 3.54. The number of furan rings is 1. The van der Waals surface area contributed by atoms with Gasteiger partial charge in [0.05, 0.1) is 17.9 Å². The molecule has 2 aromatic rings. The van der Waals surface area contributed by atoms with E-state index in [4.69, 9.17) is 37.1 Å². The van der Waals surface area contributed by atoms with Crippen LogP contribution in [0.15, 0.2) is 41.0 Å². The molecule has 0 saturated heterocycles. The predicted molar refractivity (Wildman–Crippen MR) is 76.3 cm³/mol. The molecular weight excluding hydrogens is 303 g/mol. The van der Waals surface area contributed by atoms with Crippen LogP contribution < -0.4 is 4.74 Å². The molecule has 0 spiro atoms. The minimum absolute atomic E-state index is 0.0677. The maximum absolute atomic E-state index is 9.74. The molecule has 6 heteroatoms. The van der Waals surface area contributed by atoms with Crippen LogP contribution in [0.1, 0.15) is 5.76 Å². The summed E-state index contributed by atoms with van der Waals surface area (Å²) in [5.41, 5.74) is 0. The van der Waals surface area contributed by atoms with Gasteiger partial charge in [-0.15, -0.1) is 0 Å². The Bertz CT molecular complexity index is 528. The maximum Gasteiger partial charge on any atom is 0.139 e. The third-order valence-electron chi connectivity index (χ3n) is 2.46. The molecule has 1 aromatic heterocycles. The van der Waals surface area contributed by atoms with Crippen molar-refractivity contribution in [2.45, 2.75) is 12.7 Å². The van der Waals surface area contributed by atoms with Crippen molar-refractivity contribution in [2.75, 3.05) is 13.2 Å². The Morgan fingerprint density at radius 3 is 2.80 bits per heavy atom. The molecule has 0 radical (unpaired) electrons. The molecule has 1 unspecified atom stereocenters. The SMILES string of the molecule is OC(COCc1ccco1)COc1cc(Cl)ccc1Cl. The van der Waals surface area contributed by atoms with Gasteiger partial charge in [-0.2, -0.15) is 0 Å². The third kappa shape index (κ3) is 4.72. The van der Waals surface area contributed by atoms with E-state index in [0.29, 0.717) is 28.2 Å². The lowest BCUT2D eigenvalue weighted by atomic mass is 10.3. The molecule has 108 valence electrons. The van der Waals surface area contributed by atoms with E-state index in [1.165, 1.54) is 0 Å². The van der Waals surface area contributed by atoms with E-state index in [1.807, 2.05) is 0 Å². The molecular formula is C14H14Cl2O4. The first-order valence-corrected chi connectivity index (χ1v) is 6.77. The molecule has 20 heavy (non-hydrogen) atoms. The van der Waals surface area contributed by atoms with Crippen LogP contribution in [0, 0.1) is 0 Å². The highest BCUT2D eigenvalue weighted by molar-refractivity contribution is 6.34. The fraction of sp³-hybridized carbons (Fsp3) is 0.286. The molecule has 1 heterocycles. The van der Waals surface area contributed by atoms with Crippen molar-refractivity contribution < 1.29 is 19.0 Å². The van der Waals surface area contributed by atoms with E-state index < -0.39 is 6.10 Å². The first kappa shape index (κ1) is 15.2. The lowest BCUT2D eigenvalue weighted by Crippen LogP contribution is -2.23. The normalized spacial score (nSPS) is 12.3. The third-order valence-corrected chi connectivity index (χ3v) is 3.01. The van der Waals surface area contributed by atoms with Crippen molar-refractivity contribution in [2.24, 2.45) is 0 Å². The zero-order chi connectivity index (χ0) is 14.4. The highest BCUT2D eigenvalue weighted by Gasteiger charge is 2.09. The summed E-state index contributed by atoms with van der Waals surface area (Å²) in [5.74, 6) is 1.14. The average Bonchev–Trinajstić information content (AvgIpc) is 2.93. The summed E-state index contributed by atoms with van der Waals surface area (Å²) >= 11 is 11.8. The molecule has 1 N–H and O–H groups in total. The number of hydrogen-bond donors (Lipinski definition) is 1. The first-order chi connectivity index (χ1) is 9.65. The van der Waals surface area contributed by atoms with Gasteiger partial charge in [0.25, 0.3) is 0 Å². The number of halogens is 2. The van der Waals surface area contributed by atoms with Crippen LogP contribution in [0.3, 0.4) is 0 Å². The van der Waals surface area contributed by atoms with Gasteiger partial charge in [0, 0.05) is 11.1 Å². The second-order valence-electron chi connectivity index (χ2n) is 4.13. The molecule has 0 aliphatic rings. The maximum atomic E-state index is 9.74. The van der Waals surface area contributed by atoms with Crippen LogP contribution in [0.4, 0.5) is 0 Å². The van der Waals surface area contributed by atoms with Gasteiger partial charge in [-0.3, -0.25) is 0 Å². The Kier molecular flexibility index (Phi) is 5.73. The van der Waals surface area contributed by atoms with Crippen molar-refractivity contribution in [3.05, 3.63) is 52.4 Å². The van der Waals surface area contributed by atoms with Gasteiger partial charge < -0.3 is 19.0 Å². The van der Waals surface area contributed by atoms with Crippen LogP contribution >= 0.6 is 23.2 Å². The summed E-state index contributed by atoms with van der Waals surface area (Å²) in [6.45, 7) is 0.513. The van der Waals surface area contributed by atoms with E-state index in [1.54, 1.807) is 36.6 Å².